The summed E-state index contributed by atoms with van der Waals surface area (Å²) in [4.78, 5) is 4.16. The summed E-state index contributed by atoms with van der Waals surface area (Å²) < 4.78 is 48.7. The van der Waals surface area contributed by atoms with Gasteiger partial charge in [0.15, 0.2) is 0 Å². The molecule has 0 unspecified atom stereocenters. The molecule has 0 spiro atoms. The molecule has 0 radical (unpaired) electrons. The molecule has 0 aliphatic carbocycles. The largest absolute Gasteiger partial charge is 0.496 e. The second kappa shape index (κ2) is 5.75. The van der Waals surface area contributed by atoms with E-state index in [2.05, 4.69) is 10.1 Å². The van der Waals surface area contributed by atoms with E-state index < -0.39 is 11.7 Å². The number of para-hydroxylation sites is 1. The molecule has 0 amide bonds. The third-order valence-corrected chi connectivity index (χ3v) is 3.21. The third-order valence-electron chi connectivity index (χ3n) is 3.21. The molecular formula is C16H11F3N2O2. The normalized spacial score (nSPS) is 11.5. The van der Waals surface area contributed by atoms with Gasteiger partial charge in [-0.25, -0.2) is 0 Å². The van der Waals surface area contributed by atoms with Gasteiger partial charge in [-0.15, -0.1) is 0 Å². The van der Waals surface area contributed by atoms with Gasteiger partial charge in [-0.05, 0) is 24.3 Å². The number of methoxy groups -OCH3 is 1. The molecule has 0 fully saturated rings. The lowest BCUT2D eigenvalue weighted by Gasteiger charge is -2.06. The Morgan fingerprint density at radius 3 is 2.57 bits per heavy atom. The van der Waals surface area contributed by atoms with Gasteiger partial charge in [0.25, 0.3) is 5.89 Å². The number of halogens is 3. The highest BCUT2D eigenvalue weighted by Gasteiger charge is 2.30. The summed E-state index contributed by atoms with van der Waals surface area (Å²) in [6.45, 7) is 0. The predicted molar refractivity (Wildman–Crippen MR) is 76.7 cm³/mol. The highest BCUT2D eigenvalue weighted by Crippen LogP contribution is 2.33. The smallest absolute Gasteiger partial charge is 0.416 e. The number of hydrogen-bond donors (Lipinski definition) is 0. The zero-order valence-corrected chi connectivity index (χ0v) is 12.0. The molecule has 3 rings (SSSR count). The van der Waals surface area contributed by atoms with Crippen molar-refractivity contribution < 1.29 is 22.4 Å². The summed E-state index contributed by atoms with van der Waals surface area (Å²) in [6.07, 6.45) is -4.43. The molecule has 0 N–H and O–H groups in total. The van der Waals surface area contributed by atoms with E-state index in [1.807, 2.05) is 0 Å². The zero-order chi connectivity index (χ0) is 16.4. The van der Waals surface area contributed by atoms with E-state index in [4.69, 9.17) is 9.26 Å². The standard InChI is InChI=1S/C16H11F3N2O2/c1-22-13-8-3-2-7-12(13)15-20-14(21-23-15)10-5-4-6-11(9-10)16(17,18)19/h2-9H,1H3. The van der Waals surface area contributed by atoms with Crippen molar-refractivity contribution in [1.29, 1.82) is 0 Å². The van der Waals surface area contributed by atoms with Crippen LogP contribution in [0, 0.1) is 0 Å². The van der Waals surface area contributed by atoms with E-state index in [0.717, 1.165) is 12.1 Å². The molecule has 4 nitrogen and oxygen atoms in total. The van der Waals surface area contributed by atoms with Crippen molar-refractivity contribution in [3.63, 3.8) is 0 Å². The SMILES string of the molecule is COc1ccccc1-c1nc(-c2cccc(C(F)(F)F)c2)no1. The lowest BCUT2D eigenvalue weighted by atomic mass is 10.1. The zero-order valence-electron chi connectivity index (χ0n) is 12.0. The Kier molecular flexibility index (Phi) is 3.77. The summed E-state index contributed by atoms with van der Waals surface area (Å²) in [5.74, 6) is 0.790. The van der Waals surface area contributed by atoms with Crippen molar-refractivity contribution in [3.8, 4) is 28.6 Å². The Morgan fingerprint density at radius 1 is 1.04 bits per heavy atom. The Morgan fingerprint density at radius 2 is 1.83 bits per heavy atom. The van der Waals surface area contributed by atoms with Crippen LogP contribution in [-0.2, 0) is 6.18 Å². The number of benzene rings is 2. The van der Waals surface area contributed by atoms with E-state index >= 15 is 0 Å². The second-order valence-electron chi connectivity index (χ2n) is 4.70. The second-order valence-corrected chi connectivity index (χ2v) is 4.70. The maximum atomic E-state index is 12.8. The van der Waals surface area contributed by atoms with Crippen LogP contribution in [0.15, 0.2) is 53.1 Å². The summed E-state index contributed by atoms with van der Waals surface area (Å²) in [5, 5.41) is 3.75. The van der Waals surface area contributed by atoms with Crippen molar-refractivity contribution >= 4 is 0 Å². The van der Waals surface area contributed by atoms with Crippen LogP contribution in [-0.4, -0.2) is 17.3 Å². The quantitative estimate of drug-likeness (QED) is 0.716. The summed E-state index contributed by atoms with van der Waals surface area (Å²) in [6, 6.07) is 11.8. The van der Waals surface area contributed by atoms with E-state index in [0.29, 0.717) is 11.3 Å². The van der Waals surface area contributed by atoms with E-state index in [1.165, 1.54) is 19.2 Å². The van der Waals surface area contributed by atoms with E-state index in [9.17, 15) is 13.2 Å². The minimum atomic E-state index is -4.43. The monoisotopic (exact) mass is 320 g/mol. The fraction of sp³-hybridized carbons (Fsp3) is 0.125. The van der Waals surface area contributed by atoms with Crippen LogP contribution in [0.4, 0.5) is 13.2 Å². The number of nitrogens with zero attached hydrogens (tertiary/aromatic N) is 2. The molecule has 7 heteroatoms. The molecule has 2 aromatic carbocycles. The summed E-state index contributed by atoms with van der Waals surface area (Å²) in [7, 11) is 1.50. The molecule has 3 aromatic rings. The van der Waals surface area contributed by atoms with Gasteiger partial charge in [-0.1, -0.05) is 29.4 Å². The van der Waals surface area contributed by atoms with Gasteiger partial charge in [0.2, 0.25) is 5.82 Å². The Bertz CT molecular complexity index is 828. The maximum Gasteiger partial charge on any atom is 0.416 e. The number of ether oxygens (including phenoxy) is 1. The van der Waals surface area contributed by atoms with Crippen molar-refractivity contribution in [2.24, 2.45) is 0 Å². The average Bonchev–Trinajstić information content (AvgIpc) is 3.04. The van der Waals surface area contributed by atoms with Crippen LogP contribution in [0.2, 0.25) is 0 Å². The van der Waals surface area contributed by atoms with Crippen molar-refractivity contribution in [2.45, 2.75) is 6.18 Å². The first kappa shape index (κ1) is 15.1. The fourth-order valence-corrected chi connectivity index (χ4v) is 2.11. The number of hydrogen-bond acceptors (Lipinski definition) is 4. The first-order chi connectivity index (χ1) is 11.0. The molecule has 0 bridgehead atoms. The highest BCUT2D eigenvalue weighted by molar-refractivity contribution is 5.65. The van der Waals surface area contributed by atoms with E-state index in [-0.39, 0.29) is 17.3 Å². The molecule has 23 heavy (non-hydrogen) atoms. The van der Waals surface area contributed by atoms with Gasteiger partial charge in [-0.2, -0.15) is 18.2 Å². The van der Waals surface area contributed by atoms with Gasteiger partial charge < -0.3 is 9.26 Å². The number of rotatable bonds is 3. The third kappa shape index (κ3) is 3.03. The van der Waals surface area contributed by atoms with Crippen LogP contribution in [0.25, 0.3) is 22.8 Å². The molecule has 0 saturated heterocycles. The minimum absolute atomic E-state index is 0.0806. The predicted octanol–water partition coefficient (Wildman–Crippen LogP) is 4.43. The Balaban J connectivity index is 2.00. The molecule has 0 saturated carbocycles. The molecule has 1 heterocycles. The lowest BCUT2D eigenvalue weighted by molar-refractivity contribution is -0.137. The van der Waals surface area contributed by atoms with Crippen LogP contribution >= 0.6 is 0 Å². The maximum absolute atomic E-state index is 12.8. The first-order valence-electron chi connectivity index (χ1n) is 6.64. The summed E-state index contributed by atoms with van der Waals surface area (Å²) in [5.41, 5.74) is 0.0316. The lowest BCUT2D eigenvalue weighted by Crippen LogP contribution is -2.04. The molecule has 0 aliphatic heterocycles. The van der Waals surface area contributed by atoms with Crippen molar-refractivity contribution in [1.82, 2.24) is 10.1 Å². The van der Waals surface area contributed by atoms with Crippen LogP contribution in [0.3, 0.4) is 0 Å². The first-order valence-corrected chi connectivity index (χ1v) is 6.64. The Hall–Kier alpha value is -2.83. The van der Waals surface area contributed by atoms with Gasteiger partial charge in [-0.3, -0.25) is 0 Å². The number of aromatic nitrogens is 2. The van der Waals surface area contributed by atoms with Gasteiger partial charge in [0.1, 0.15) is 5.75 Å². The Labute approximate surface area is 129 Å². The van der Waals surface area contributed by atoms with Gasteiger partial charge in [0, 0.05) is 5.56 Å². The average molecular weight is 320 g/mol. The van der Waals surface area contributed by atoms with Crippen LogP contribution in [0.5, 0.6) is 5.75 Å². The number of alkyl halides is 3. The fourth-order valence-electron chi connectivity index (χ4n) is 2.11. The van der Waals surface area contributed by atoms with Gasteiger partial charge >= 0.3 is 6.18 Å². The van der Waals surface area contributed by atoms with E-state index in [1.54, 1.807) is 24.3 Å². The van der Waals surface area contributed by atoms with Crippen molar-refractivity contribution in [2.75, 3.05) is 7.11 Å². The van der Waals surface area contributed by atoms with Crippen LogP contribution < -0.4 is 4.74 Å². The molecule has 1 aromatic heterocycles. The molecule has 0 atom stereocenters. The summed E-state index contributed by atoms with van der Waals surface area (Å²) >= 11 is 0. The van der Waals surface area contributed by atoms with Crippen LogP contribution in [0.1, 0.15) is 5.56 Å². The highest BCUT2D eigenvalue weighted by atomic mass is 19.4. The van der Waals surface area contributed by atoms with Crippen molar-refractivity contribution in [3.05, 3.63) is 54.1 Å². The topological polar surface area (TPSA) is 48.2 Å². The molecule has 0 aliphatic rings. The molecular weight excluding hydrogens is 309 g/mol. The van der Waals surface area contributed by atoms with Gasteiger partial charge in [0.05, 0.1) is 18.2 Å². The molecule has 118 valence electrons. The minimum Gasteiger partial charge on any atom is -0.496 e.